The number of fused-ring (bicyclic) bond motifs is 4. The fourth-order valence-corrected chi connectivity index (χ4v) is 4.95. The number of hydrogen-bond acceptors (Lipinski definition) is 1. The number of anilines is 1. The molecule has 29 heavy (non-hydrogen) atoms. The van der Waals surface area contributed by atoms with Crippen LogP contribution in [0.3, 0.4) is 0 Å². The van der Waals surface area contributed by atoms with Crippen LogP contribution in [0.5, 0.6) is 0 Å². The Bertz CT molecular complexity index is 1050. The summed E-state index contributed by atoms with van der Waals surface area (Å²) in [4.78, 5) is 15.5. The van der Waals surface area contributed by atoms with Gasteiger partial charge < -0.3 is 14.8 Å². The average Bonchev–Trinajstić information content (AvgIpc) is 3.18. The molecule has 2 aromatic carbocycles. The third-order valence-corrected chi connectivity index (χ3v) is 6.37. The number of nitrogens with zero attached hydrogens (tertiary/aromatic N) is 2. The predicted molar refractivity (Wildman–Crippen MR) is 116 cm³/mol. The first-order chi connectivity index (χ1) is 14.3. The molecule has 1 aliphatic carbocycles. The lowest BCUT2D eigenvalue weighted by molar-refractivity contribution is 0.181. The minimum Gasteiger partial charge on any atom is -0.318 e. The lowest BCUT2D eigenvalue weighted by atomic mass is 9.90. The second-order valence-corrected chi connectivity index (χ2v) is 8.06. The molecule has 4 heteroatoms. The first kappa shape index (κ1) is 18.0. The molecule has 5 rings (SSSR count). The van der Waals surface area contributed by atoms with Gasteiger partial charge >= 0.3 is 6.03 Å². The second-order valence-electron chi connectivity index (χ2n) is 8.06. The number of aromatic nitrogens is 1. The van der Waals surface area contributed by atoms with Crippen molar-refractivity contribution in [3.63, 3.8) is 0 Å². The molecular formula is C25H27N3O. The van der Waals surface area contributed by atoms with E-state index in [9.17, 15) is 4.79 Å². The summed E-state index contributed by atoms with van der Waals surface area (Å²) >= 11 is 0. The Balaban J connectivity index is 1.51. The molecule has 1 atom stereocenters. The van der Waals surface area contributed by atoms with Crippen LogP contribution in [0, 0.1) is 0 Å². The fraction of sp³-hybridized carbons (Fsp3) is 0.320. The van der Waals surface area contributed by atoms with E-state index in [1.165, 1.54) is 40.9 Å². The summed E-state index contributed by atoms with van der Waals surface area (Å²) in [7, 11) is 0. The maximum atomic E-state index is 13.5. The molecule has 1 unspecified atom stereocenters. The Kier molecular flexibility index (Phi) is 4.62. The molecule has 0 spiro atoms. The molecule has 2 heterocycles. The monoisotopic (exact) mass is 385 g/mol. The average molecular weight is 386 g/mol. The zero-order valence-corrected chi connectivity index (χ0v) is 16.9. The van der Waals surface area contributed by atoms with Gasteiger partial charge in [-0.2, -0.15) is 0 Å². The molecule has 3 aromatic rings. The van der Waals surface area contributed by atoms with Crippen molar-refractivity contribution in [2.45, 2.75) is 51.6 Å². The summed E-state index contributed by atoms with van der Waals surface area (Å²) in [6.07, 6.45) is 7.57. The van der Waals surface area contributed by atoms with E-state index in [1.807, 2.05) is 4.90 Å². The molecule has 0 radical (unpaired) electrons. The predicted octanol–water partition coefficient (Wildman–Crippen LogP) is 5.85. The van der Waals surface area contributed by atoms with E-state index in [0.717, 1.165) is 24.9 Å². The number of urea groups is 1. The maximum absolute atomic E-state index is 13.5. The van der Waals surface area contributed by atoms with Gasteiger partial charge in [-0.3, -0.25) is 0 Å². The highest BCUT2D eigenvalue weighted by Crippen LogP contribution is 2.35. The molecule has 148 valence electrons. The van der Waals surface area contributed by atoms with Crippen molar-refractivity contribution < 1.29 is 4.79 Å². The lowest BCUT2D eigenvalue weighted by Crippen LogP contribution is -2.37. The van der Waals surface area contributed by atoms with Crippen LogP contribution >= 0.6 is 0 Å². The molecule has 0 fully saturated rings. The highest BCUT2D eigenvalue weighted by atomic mass is 16.2. The number of rotatable bonds is 2. The van der Waals surface area contributed by atoms with E-state index in [1.54, 1.807) is 0 Å². The third kappa shape index (κ3) is 3.13. The van der Waals surface area contributed by atoms with Crippen LogP contribution in [0.4, 0.5) is 10.5 Å². The van der Waals surface area contributed by atoms with Crippen LogP contribution in [0.1, 0.15) is 54.6 Å². The van der Waals surface area contributed by atoms with E-state index in [2.05, 4.69) is 77.6 Å². The Morgan fingerprint density at radius 3 is 2.72 bits per heavy atom. The number of amides is 2. The lowest BCUT2D eigenvalue weighted by Gasteiger charge is -2.30. The zero-order chi connectivity index (χ0) is 19.8. The van der Waals surface area contributed by atoms with Gasteiger partial charge in [-0.25, -0.2) is 4.79 Å². The Hall–Kier alpha value is -3.01. The molecule has 1 aliphatic heterocycles. The summed E-state index contributed by atoms with van der Waals surface area (Å²) in [5.41, 5.74) is 7.19. The van der Waals surface area contributed by atoms with Crippen molar-refractivity contribution in [1.29, 1.82) is 0 Å². The number of nitrogens with one attached hydrogen (secondary N) is 1. The van der Waals surface area contributed by atoms with Crippen LogP contribution in [-0.2, 0) is 19.4 Å². The third-order valence-electron chi connectivity index (χ3n) is 6.37. The molecule has 0 saturated carbocycles. The normalized spacial score (nSPS) is 17.7. The molecule has 0 bridgehead atoms. The topological polar surface area (TPSA) is 37.3 Å². The van der Waals surface area contributed by atoms with Gasteiger partial charge in [0.2, 0.25) is 0 Å². The molecule has 2 amide bonds. The highest BCUT2D eigenvalue weighted by Gasteiger charge is 2.31. The van der Waals surface area contributed by atoms with E-state index in [-0.39, 0.29) is 12.1 Å². The van der Waals surface area contributed by atoms with E-state index in [4.69, 9.17) is 0 Å². The number of para-hydroxylation sites is 1. The Morgan fingerprint density at radius 2 is 1.83 bits per heavy atom. The molecule has 1 N–H and O–H groups in total. The van der Waals surface area contributed by atoms with E-state index in [0.29, 0.717) is 6.54 Å². The van der Waals surface area contributed by atoms with Crippen LogP contribution in [0.15, 0.2) is 60.8 Å². The number of hydrogen-bond donors (Lipinski definition) is 1. The molecule has 4 nitrogen and oxygen atoms in total. The SMILES string of the molecule is CCC1c2cccn2-c2ccccc2CN1C(=O)Nc1cccc2c1CCCC2. The van der Waals surface area contributed by atoms with Gasteiger partial charge in [-0.05, 0) is 73.1 Å². The van der Waals surface area contributed by atoms with Crippen molar-refractivity contribution in [2.75, 3.05) is 5.32 Å². The summed E-state index contributed by atoms with van der Waals surface area (Å²) in [6, 6.07) is 18.9. The van der Waals surface area contributed by atoms with Crippen LogP contribution in [-0.4, -0.2) is 15.5 Å². The van der Waals surface area contributed by atoms with Crippen molar-refractivity contribution in [1.82, 2.24) is 9.47 Å². The van der Waals surface area contributed by atoms with Crippen LogP contribution in [0.25, 0.3) is 5.69 Å². The Labute approximate surface area is 172 Å². The van der Waals surface area contributed by atoms with Gasteiger partial charge in [0.05, 0.1) is 18.3 Å². The van der Waals surface area contributed by atoms with E-state index >= 15 is 0 Å². The van der Waals surface area contributed by atoms with Gasteiger partial charge in [0.1, 0.15) is 0 Å². The minimum atomic E-state index is -0.0136. The largest absolute Gasteiger partial charge is 0.322 e. The van der Waals surface area contributed by atoms with Gasteiger partial charge in [-0.1, -0.05) is 37.3 Å². The zero-order valence-electron chi connectivity index (χ0n) is 16.9. The Morgan fingerprint density at radius 1 is 1.00 bits per heavy atom. The number of carbonyl (C=O) groups excluding carboxylic acids is 1. The number of carbonyl (C=O) groups is 1. The van der Waals surface area contributed by atoms with Gasteiger partial charge in [-0.15, -0.1) is 0 Å². The van der Waals surface area contributed by atoms with Crippen molar-refractivity contribution >= 4 is 11.7 Å². The molecule has 1 aromatic heterocycles. The van der Waals surface area contributed by atoms with Crippen LogP contribution < -0.4 is 5.32 Å². The van der Waals surface area contributed by atoms with Gasteiger partial charge in [0, 0.05) is 17.6 Å². The minimum absolute atomic E-state index is 0.0136. The van der Waals surface area contributed by atoms with Crippen LogP contribution in [0.2, 0.25) is 0 Å². The smallest absolute Gasteiger partial charge is 0.318 e. The number of aryl methyl sites for hydroxylation is 1. The van der Waals surface area contributed by atoms with E-state index < -0.39 is 0 Å². The summed E-state index contributed by atoms with van der Waals surface area (Å²) < 4.78 is 2.24. The fourth-order valence-electron chi connectivity index (χ4n) is 4.95. The van der Waals surface area contributed by atoms with Crippen molar-refractivity contribution in [3.8, 4) is 5.69 Å². The number of benzene rings is 2. The summed E-state index contributed by atoms with van der Waals surface area (Å²) in [5, 5.41) is 3.26. The quantitative estimate of drug-likeness (QED) is 0.590. The van der Waals surface area contributed by atoms with Gasteiger partial charge in [0.25, 0.3) is 0 Å². The summed E-state index contributed by atoms with van der Waals surface area (Å²) in [5.74, 6) is 0. The molecular weight excluding hydrogens is 358 g/mol. The summed E-state index contributed by atoms with van der Waals surface area (Å²) in [6.45, 7) is 2.76. The van der Waals surface area contributed by atoms with Crippen molar-refractivity contribution in [2.24, 2.45) is 0 Å². The maximum Gasteiger partial charge on any atom is 0.322 e. The highest BCUT2D eigenvalue weighted by molar-refractivity contribution is 5.91. The molecule has 0 saturated heterocycles. The first-order valence-corrected chi connectivity index (χ1v) is 10.7. The second kappa shape index (κ2) is 7.43. The first-order valence-electron chi connectivity index (χ1n) is 10.7. The molecule has 2 aliphatic rings. The van der Waals surface area contributed by atoms with Gasteiger partial charge in [0.15, 0.2) is 0 Å². The van der Waals surface area contributed by atoms with Crippen molar-refractivity contribution in [3.05, 3.63) is 83.2 Å². The standard InChI is InChI=1S/C25H27N3O/c1-2-22-24-15-8-16-27(24)23-14-6-4-10-19(23)17-28(22)25(29)26-21-13-7-11-18-9-3-5-12-20(18)21/h4,6-8,10-11,13-16,22H,2-3,5,9,12,17H2,1H3,(H,26,29).